The number of benzene rings is 1. The number of nitrogens with zero attached hydrogens (tertiary/aromatic N) is 1. The number of nitrogens with two attached hydrogens (primary N) is 1. The van der Waals surface area contributed by atoms with Gasteiger partial charge in [0.25, 0.3) is 10.0 Å². The van der Waals surface area contributed by atoms with Crippen LogP contribution in [-0.4, -0.2) is 49.9 Å². The van der Waals surface area contributed by atoms with Crippen molar-refractivity contribution in [3.8, 4) is 0 Å². The summed E-state index contributed by atoms with van der Waals surface area (Å²) in [4.78, 5) is 10.5. The third-order valence-electron chi connectivity index (χ3n) is 4.05. The Morgan fingerprint density at radius 3 is 2.17 bits per heavy atom. The van der Waals surface area contributed by atoms with Gasteiger partial charge in [-0.3, -0.25) is 4.79 Å². The highest BCUT2D eigenvalue weighted by Gasteiger charge is 2.41. The summed E-state index contributed by atoms with van der Waals surface area (Å²) in [6.45, 7) is 0. The topological polar surface area (TPSA) is 110 Å². The van der Waals surface area contributed by atoms with Gasteiger partial charge in [-0.2, -0.15) is 30.7 Å². The summed E-state index contributed by atoms with van der Waals surface area (Å²) in [5.74, 6) is -4.53. The van der Waals surface area contributed by atoms with Gasteiger partial charge < -0.3 is 10.8 Å². The van der Waals surface area contributed by atoms with E-state index in [4.69, 9.17) is 10.8 Å². The van der Waals surface area contributed by atoms with Gasteiger partial charge in [-0.05, 0) is 24.0 Å². The highest BCUT2D eigenvalue weighted by molar-refractivity contribution is 7.90. The van der Waals surface area contributed by atoms with Crippen molar-refractivity contribution in [1.29, 1.82) is 0 Å². The van der Waals surface area contributed by atoms with Crippen LogP contribution in [0.2, 0.25) is 0 Å². The molecule has 1 rings (SSSR count). The molecule has 0 amide bonds. The average molecular weight is 462 g/mol. The lowest BCUT2D eigenvalue weighted by Crippen LogP contribution is -2.30. The molecule has 0 saturated carbocycles. The standard InChI is InChI=1S/C17H20F6N2O4S/c18-16(19,20)8-5-11-1-3-12(4-2-11)13(17(21,22)23)7-10-30(28,29)25-9-6-14(24)15(26)27/h1-4,9,13-14H,5-8,10,24H2,(H,26,27)/t13?,14-/m0/s1. The minimum Gasteiger partial charge on any atom is -0.480 e. The van der Waals surface area contributed by atoms with Crippen molar-refractivity contribution in [2.75, 3.05) is 5.75 Å². The number of halogens is 6. The summed E-state index contributed by atoms with van der Waals surface area (Å²) in [5.41, 5.74) is 5.07. The molecule has 170 valence electrons. The maximum Gasteiger partial charge on any atom is 0.395 e. The molecule has 0 bridgehead atoms. The lowest BCUT2D eigenvalue weighted by atomic mass is 9.94. The quantitative estimate of drug-likeness (QED) is 0.409. The summed E-state index contributed by atoms with van der Waals surface area (Å²) in [7, 11) is -4.30. The minimum atomic E-state index is -4.79. The molecule has 0 aliphatic heterocycles. The summed E-state index contributed by atoms with van der Waals surface area (Å²) >= 11 is 0. The fourth-order valence-electron chi connectivity index (χ4n) is 2.41. The number of aliphatic carboxylic acids is 1. The third-order valence-corrected chi connectivity index (χ3v) is 5.27. The number of aryl methyl sites for hydroxylation is 1. The second kappa shape index (κ2) is 10.2. The van der Waals surface area contributed by atoms with Gasteiger partial charge in [-0.25, -0.2) is 8.42 Å². The van der Waals surface area contributed by atoms with Crippen molar-refractivity contribution < 1.29 is 44.7 Å². The van der Waals surface area contributed by atoms with E-state index < -0.39 is 65.3 Å². The number of carbonyl (C=O) groups is 1. The van der Waals surface area contributed by atoms with E-state index in [1.807, 2.05) is 0 Å². The van der Waals surface area contributed by atoms with E-state index in [-0.39, 0.29) is 17.5 Å². The minimum absolute atomic E-state index is 0.198. The van der Waals surface area contributed by atoms with Crippen molar-refractivity contribution >= 4 is 22.2 Å². The largest absolute Gasteiger partial charge is 0.480 e. The Bertz CT molecular complexity index is 835. The van der Waals surface area contributed by atoms with E-state index in [0.29, 0.717) is 6.21 Å². The molecule has 0 radical (unpaired) electrons. The molecule has 13 heteroatoms. The van der Waals surface area contributed by atoms with Gasteiger partial charge in [0.05, 0.1) is 11.7 Å². The molecule has 0 fully saturated rings. The average Bonchev–Trinajstić information content (AvgIpc) is 2.58. The van der Waals surface area contributed by atoms with Gasteiger partial charge in [-0.15, -0.1) is 0 Å². The predicted molar refractivity (Wildman–Crippen MR) is 96.7 cm³/mol. The summed E-state index contributed by atoms with van der Waals surface area (Å²) in [5, 5.41) is 8.58. The van der Waals surface area contributed by atoms with Crippen LogP contribution in [0.15, 0.2) is 28.7 Å². The zero-order valence-electron chi connectivity index (χ0n) is 15.4. The molecule has 1 unspecified atom stereocenters. The lowest BCUT2D eigenvalue weighted by molar-refractivity contribution is -0.150. The molecule has 2 atom stereocenters. The van der Waals surface area contributed by atoms with Crippen LogP contribution < -0.4 is 5.73 Å². The van der Waals surface area contributed by atoms with Crippen LogP contribution >= 0.6 is 0 Å². The highest BCUT2D eigenvalue weighted by atomic mass is 32.2. The molecule has 0 spiro atoms. The second-order valence-electron chi connectivity index (χ2n) is 6.49. The molecule has 0 aliphatic carbocycles. The van der Waals surface area contributed by atoms with Gasteiger partial charge in [0.2, 0.25) is 0 Å². The lowest BCUT2D eigenvalue weighted by Gasteiger charge is -2.20. The van der Waals surface area contributed by atoms with Crippen molar-refractivity contribution in [3.05, 3.63) is 35.4 Å². The van der Waals surface area contributed by atoms with Crippen molar-refractivity contribution in [2.24, 2.45) is 10.1 Å². The Balaban J connectivity index is 2.84. The molecule has 0 saturated heterocycles. The van der Waals surface area contributed by atoms with E-state index in [1.165, 1.54) is 0 Å². The second-order valence-corrected chi connectivity index (χ2v) is 8.28. The van der Waals surface area contributed by atoms with Gasteiger partial charge in [-0.1, -0.05) is 24.3 Å². The van der Waals surface area contributed by atoms with Crippen LogP contribution in [0.3, 0.4) is 0 Å². The van der Waals surface area contributed by atoms with E-state index in [9.17, 15) is 39.6 Å². The summed E-state index contributed by atoms with van der Waals surface area (Å²) in [6, 6.07) is 2.92. The maximum absolute atomic E-state index is 13.4. The number of carboxylic acids is 1. The molecule has 3 N–H and O–H groups in total. The van der Waals surface area contributed by atoms with Gasteiger partial charge in [0.15, 0.2) is 0 Å². The Labute approximate surface area is 168 Å². The monoisotopic (exact) mass is 462 g/mol. The smallest absolute Gasteiger partial charge is 0.395 e. The van der Waals surface area contributed by atoms with E-state index in [0.717, 1.165) is 24.3 Å². The third kappa shape index (κ3) is 9.57. The number of carboxylic acid groups (broad SMARTS) is 1. The molecular weight excluding hydrogens is 442 g/mol. The first-order valence-electron chi connectivity index (χ1n) is 8.58. The zero-order chi connectivity index (χ0) is 23.2. The SMILES string of the molecule is N[C@@H](CC=NS(=O)(=O)CCC(c1ccc(CCC(F)(F)F)cc1)C(F)(F)F)C(=O)O. The van der Waals surface area contributed by atoms with Crippen LogP contribution in [0, 0.1) is 0 Å². The Morgan fingerprint density at radius 1 is 1.13 bits per heavy atom. The van der Waals surface area contributed by atoms with Crippen molar-refractivity contribution in [3.63, 3.8) is 0 Å². The van der Waals surface area contributed by atoms with Crippen molar-refractivity contribution in [2.45, 2.75) is 50.0 Å². The normalized spacial score (nSPS) is 15.3. The first-order chi connectivity index (χ1) is 13.6. The molecule has 30 heavy (non-hydrogen) atoms. The van der Waals surface area contributed by atoms with Gasteiger partial charge in [0, 0.05) is 19.1 Å². The Morgan fingerprint density at radius 2 is 1.70 bits per heavy atom. The van der Waals surface area contributed by atoms with Gasteiger partial charge >= 0.3 is 18.3 Å². The first-order valence-corrected chi connectivity index (χ1v) is 10.2. The highest BCUT2D eigenvalue weighted by Crippen LogP contribution is 2.38. The number of rotatable bonds is 10. The van der Waals surface area contributed by atoms with Crippen LogP contribution in [-0.2, 0) is 21.2 Å². The van der Waals surface area contributed by atoms with Crippen LogP contribution in [0.1, 0.15) is 36.3 Å². The van der Waals surface area contributed by atoms with Crippen LogP contribution in [0.5, 0.6) is 0 Å². The molecule has 0 aromatic heterocycles. The summed E-state index contributed by atoms with van der Waals surface area (Å²) < 4.78 is 104. The van der Waals surface area contributed by atoms with E-state index >= 15 is 0 Å². The van der Waals surface area contributed by atoms with Crippen LogP contribution in [0.4, 0.5) is 26.3 Å². The van der Waals surface area contributed by atoms with E-state index in [2.05, 4.69) is 4.40 Å². The number of hydrogen-bond donors (Lipinski definition) is 2. The molecular formula is C17H20F6N2O4S. The predicted octanol–water partition coefficient (Wildman–Crippen LogP) is 3.42. The maximum atomic E-state index is 13.4. The first kappa shape index (κ1) is 25.9. The fraction of sp³-hybridized carbons (Fsp3) is 0.529. The Hall–Kier alpha value is -2.15. The molecule has 0 heterocycles. The zero-order valence-corrected chi connectivity index (χ0v) is 16.3. The fourth-order valence-corrected chi connectivity index (χ4v) is 3.36. The Kier molecular flexibility index (Phi) is 8.84. The molecule has 1 aromatic carbocycles. The van der Waals surface area contributed by atoms with Crippen LogP contribution in [0.25, 0.3) is 0 Å². The van der Waals surface area contributed by atoms with Gasteiger partial charge in [0.1, 0.15) is 6.04 Å². The number of sulfonamides is 1. The number of hydrogen-bond acceptors (Lipinski definition) is 4. The molecule has 1 aromatic rings. The van der Waals surface area contributed by atoms with E-state index in [1.54, 1.807) is 0 Å². The number of alkyl halides is 6. The summed E-state index contributed by atoms with van der Waals surface area (Å²) in [6.07, 6.45) is -11.3. The molecule has 0 aliphatic rings. The van der Waals surface area contributed by atoms with Crippen molar-refractivity contribution in [1.82, 2.24) is 0 Å². The molecule has 6 nitrogen and oxygen atoms in total.